The molecule has 0 radical (unpaired) electrons. The first-order valence-corrected chi connectivity index (χ1v) is 14.8. The number of hydrogen-bond donors (Lipinski definition) is 1. The molecule has 2 fully saturated rings. The molecule has 0 unspecified atom stereocenters. The van der Waals surface area contributed by atoms with Crippen LogP contribution in [0.3, 0.4) is 0 Å². The molecule has 1 aromatic carbocycles. The van der Waals surface area contributed by atoms with Crippen LogP contribution in [0, 0.1) is 11.8 Å². The maximum atomic E-state index is 14.0. The van der Waals surface area contributed by atoms with Gasteiger partial charge in [0.15, 0.2) is 0 Å². The number of rotatable bonds is 9. The molecule has 0 atom stereocenters. The van der Waals surface area contributed by atoms with Crippen LogP contribution >= 0.6 is 0 Å². The van der Waals surface area contributed by atoms with Gasteiger partial charge in [0.2, 0.25) is 11.8 Å². The summed E-state index contributed by atoms with van der Waals surface area (Å²) in [5, 5.41) is 18.0. The van der Waals surface area contributed by atoms with Gasteiger partial charge < -0.3 is 19.5 Å². The van der Waals surface area contributed by atoms with Crippen molar-refractivity contribution in [3.63, 3.8) is 0 Å². The topological polar surface area (TPSA) is 120 Å². The molecule has 2 aliphatic carbocycles. The summed E-state index contributed by atoms with van der Waals surface area (Å²) in [5.74, 6) is -2.00. The van der Waals surface area contributed by atoms with E-state index in [1.807, 2.05) is 0 Å². The second-order valence-corrected chi connectivity index (χ2v) is 11.7. The molecule has 10 nitrogen and oxygen atoms in total. The van der Waals surface area contributed by atoms with Gasteiger partial charge in [-0.15, -0.1) is 0 Å². The van der Waals surface area contributed by atoms with E-state index in [1.54, 1.807) is 12.0 Å². The Labute approximate surface area is 253 Å². The predicted molar refractivity (Wildman–Crippen MR) is 153 cm³/mol. The Kier molecular flexibility index (Phi) is 9.52. The number of carbonyl (C=O) groups excluding carboxylic acids is 1. The van der Waals surface area contributed by atoms with Crippen molar-refractivity contribution in [1.29, 1.82) is 0 Å². The number of ether oxygens (including phenoxy) is 2. The number of nitrogens with zero attached hydrogens (tertiary/aromatic N) is 5. The smallest absolute Gasteiger partial charge is 0.421 e. The van der Waals surface area contributed by atoms with Crippen LogP contribution in [0.1, 0.15) is 79.8 Å². The minimum absolute atomic E-state index is 0.0305. The average Bonchev–Trinajstić information content (AvgIpc) is 3.52. The fourth-order valence-electron chi connectivity index (χ4n) is 6.16. The Balaban J connectivity index is 1.47. The van der Waals surface area contributed by atoms with Gasteiger partial charge in [0.05, 0.1) is 36.3 Å². The second-order valence-electron chi connectivity index (χ2n) is 11.7. The number of alkyl halides is 3. The average molecular weight is 616 g/mol. The van der Waals surface area contributed by atoms with Gasteiger partial charge in [-0.1, -0.05) is 6.92 Å². The van der Waals surface area contributed by atoms with E-state index < -0.39 is 23.6 Å². The van der Waals surface area contributed by atoms with Crippen LogP contribution in [0.15, 0.2) is 42.9 Å². The van der Waals surface area contributed by atoms with Crippen molar-refractivity contribution in [2.24, 2.45) is 11.8 Å². The summed E-state index contributed by atoms with van der Waals surface area (Å²) in [4.78, 5) is 33.3. The Hall–Kier alpha value is -4.00. The van der Waals surface area contributed by atoms with Gasteiger partial charge >= 0.3 is 12.1 Å². The number of amides is 1. The summed E-state index contributed by atoms with van der Waals surface area (Å²) < 4.78 is 53.2. The lowest BCUT2D eigenvalue weighted by molar-refractivity contribution is -0.139. The molecule has 2 saturated carbocycles. The van der Waals surface area contributed by atoms with Gasteiger partial charge in [-0.25, -0.2) is 9.78 Å². The van der Waals surface area contributed by atoms with Crippen LogP contribution < -0.4 is 9.64 Å². The fraction of sp³-hybridized carbons (Fsp3) is 0.516. The van der Waals surface area contributed by atoms with Crippen molar-refractivity contribution in [1.82, 2.24) is 20.0 Å². The monoisotopic (exact) mass is 615 g/mol. The number of halogens is 3. The van der Waals surface area contributed by atoms with Crippen LogP contribution in [0.4, 0.5) is 18.9 Å². The lowest BCUT2D eigenvalue weighted by Gasteiger charge is -2.40. The van der Waals surface area contributed by atoms with Gasteiger partial charge in [-0.3, -0.25) is 4.79 Å². The first-order valence-electron chi connectivity index (χ1n) is 14.8. The van der Waals surface area contributed by atoms with Crippen molar-refractivity contribution >= 4 is 17.6 Å². The third-order valence-corrected chi connectivity index (χ3v) is 8.62. The minimum atomic E-state index is -4.80. The highest BCUT2D eigenvalue weighted by Gasteiger charge is 2.38. The number of hydrogen-bond acceptors (Lipinski definition) is 7. The molecule has 0 bridgehead atoms. The Morgan fingerprint density at radius 1 is 1.02 bits per heavy atom. The molecule has 0 spiro atoms. The molecule has 1 N–H and O–H groups in total. The first kappa shape index (κ1) is 31.4. The highest BCUT2D eigenvalue weighted by atomic mass is 19.4. The second kappa shape index (κ2) is 13.3. The van der Waals surface area contributed by atoms with Gasteiger partial charge in [-0.05, 0) is 87.1 Å². The number of aromatic carboxylic acids is 1. The van der Waals surface area contributed by atoms with Crippen LogP contribution in [-0.2, 0) is 22.3 Å². The van der Waals surface area contributed by atoms with E-state index in [4.69, 9.17) is 9.47 Å². The lowest BCUT2D eigenvalue weighted by Crippen LogP contribution is -2.47. The van der Waals surface area contributed by atoms with Crippen LogP contribution in [0.5, 0.6) is 11.6 Å². The van der Waals surface area contributed by atoms with E-state index in [0.717, 1.165) is 50.7 Å². The van der Waals surface area contributed by atoms with Gasteiger partial charge in [0.1, 0.15) is 11.3 Å². The molecule has 5 rings (SSSR count). The maximum Gasteiger partial charge on any atom is 0.421 e. The van der Waals surface area contributed by atoms with Gasteiger partial charge in [0, 0.05) is 25.3 Å². The van der Waals surface area contributed by atoms with E-state index in [9.17, 15) is 27.9 Å². The molecule has 13 heteroatoms. The Bertz CT molecular complexity index is 1450. The number of methoxy groups -OCH3 is 1. The Morgan fingerprint density at radius 2 is 1.70 bits per heavy atom. The fourth-order valence-corrected chi connectivity index (χ4v) is 6.16. The molecule has 0 saturated heterocycles. The maximum absolute atomic E-state index is 14.0. The molecule has 0 aliphatic heterocycles. The quantitative estimate of drug-likeness (QED) is 0.296. The molecule has 3 aromatic rings. The normalized spacial score (nSPS) is 22.4. The largest absolute Gasteiger partial charge is 0.478 e. The molecule has 2 heterocycles. The zero-order chi connectivity index (χ0) is 31.4. The van der Waals surface area contributed by atoms with Crippen molar-refractivity contribution in [2.45, 2.75) is 83.2 Å². The van der Waals surface area contributed by atoms with E-state index in [1.165, 1.54) is 35.5 Å². The predicted octanol–water partition coefficient (Wildman–Crippen LogP) is 6.35. The number of anilines is 1. The van der Waals surface area contributed by atoms with Crippen LogP contribution in [-0.4, -0.2) is 56.2 Å². The minimum Gasteiger partial charge on any atom is -0.478 e. The van der Waals surface area contributed by atoms with E-state index in [0.29, 0.717) is 18.8 Å². The molecule has 2 aliphatic rings. The van der Waals surface area contributed by atoms with E-state index in [-0.39, 0.29) is 53.1 Å². The summed E-state index contributed by atoms with van der Waals surface area (Å²) in [6.45, 7) is 2.13. The summed E-state index contributed by atoms with van der Waals surface area (Å²) >= 11 is 0. The van der Waals surface area contributed by atoms with Gasteiger partial charge in [0.25, 0.3) is 0 Å². The number of benzene rings is 1. The standard InChI is InChI=1S/C31H36F3N5O5/c1-19-3-5-21(6-4-19)29(40)39(22-7-9-23(43-2)10-8-22)27-12-11-24(16-25(27)30(41)42)44-28-26(31(32,33)34)15-20(17-35-28)18-38-36-13-14-37-38/h11-17,19,21-23H,3-10,18H2,1-2H3,(H,41,42)/t19-,21-,22?,23?. The third-order valence-electron chi connectivity index (χ3n) is 8.62. The number of carboxylic acids is 1. The summed E-state index contributed by atoms with van der Waals surface area (Å²) in [6.07, 6.45) is 5.37. The number of carbonyl (C=O) groups is 2. The zero-order valence-corrected chi connectivity index (χ0v) is 24.7. The molecule has 236 valence electrons. The van der Waals surface area contributed by atoms with Crippen molar-refractivity contribution in [2.75, 3.05) is 12.0 Å². The summed E-state index contributed by atoms with van der Waals surface area (Å²) in [7, 11) is 1.65. The Morgan fingerprint density at radius 3 is 2.32 bits per heavy atom. The van der Waals surface area contributed by atoms with Gasteiger partial charge in [-0.2, -0.15) is 28.2 Å². The number of carboxylic acid groups (broad SMARTS) is 1. The van der Waals surface area contributed by atoms with E-state index >= 15 is 0 Å². The van der Waals surface area contributed by atoms with Crippen LogP contribution in [0.25, 0.3) is 0 Å². The number of aromatic nitrogens is 4. The van der Waals surface area contributed by atoms with E-state index in [2.05, 4.69) is 22.1 Å². The number of pyridine rings is 1. The third kappa shape index (κ3) is 7.20. The molecule has 1 amide bonds. The molecular weight excluding hydrogens is 579 g/mol. The van der Waals surface area contributed by atoms with Crippen molar-refractivity contribution in [3.05, 3.63) is 59.5 Å². The lowest BCUT2D eigenvalue weighted by atomic mass is 9.81. The van der Waals surface area contributed by atoms with Crippen molar-refractivity contribution in [3.8, 4) is 11.6 Å². The summed E-state index contributed by atoms with van der Waals surface area (Å²) in [6, 6.07) is 4.67. The summed E-state index contributed by atoms with van der Waals surface area (Å²) in [5.41, 5.74) is -0.942. The molecule has 44 heavy (non-hydrogen) atoms. The SMILES string of the molecule is COC1CCC(N(c2ccc(Oc3ncc(Cn4nccn4)cc3C(F)(F)F)cc2C(=O)O)C(=O)[C@H]2CC[C@H](C)CC2)CC1. The van der Waals surface area contributed by atoms with Crippen molar-refractivity contribution < 1.29 is 37.3 Å². The zero-order valence-electron chi connectivity index (χ0n) is 24.7. The molecule has 2 aromatic heterocycles. The highest BCUT2D eigenvalue weighted by molar-refractivity contribution is 6.03. The highest BCUT2D eigenvalue weighted by Crippen LogP contribution is 2.40. The molecular formula is C31H36F3N5O5. The first-order chi connectivity index (χ1) is 21.0. The van der Waals surface area contributed by atoms with Crippen LogP contribution in [0.2, 0.25) is 0 Å².